The third-order valence-corrected chi connectivity index (χ3v) is 4.87. The third kappa shape index (κ3) is 3.77. The van der Waals surface area contributed by atoms with E-state index in [1.54, 1.807) is 20.1 Å². The molecule has 9 nitrogen and oxygen atoms in total. The van der Waals surface area contributed by atoms with Crippen LogP contribution in [0.1, 0.15) is 22.2 Å². The van der Waals surface area contributed by atoms with Gasteiger partial charge in [0.2, 0.25) is 0 Å². The maximum Gasteiger partial charge on any atom is 0.267 e. The molecule has 0 saturated carbocycles. The molecule has 2 atom stereocenters. The Balaban J connectivity index is 1.62. The first-order valence-corrected chi connectivity index (χ1v) is 9.11. The maximum atomic E-state index is 12.5. The van der Waals surface area contributed by atoms with E-state index in [2.05, 4.69) is 15.6 Å². The second-order valence-electron chi connectivity index (χ2n) is 6.71. The van der Waals surface area contributed by atoms with E-state index >= 15 is 0 Å². The van der Waals surface area contributed by atoms with Crippen molar-refractivity contribution in [2.75, 3.05) is 20.3 Å². The topological polar surface area (TPSA) is 108 Å². The molecule has 9 heteroatoms. The van der Waals surface area contributed by atoms with Gasteiger partial charge in [-0.15, -0.1) is 0 Å². The molecular weight excluding hydrogens is 376 g/mol. The zero-order chi connectivity index (χ0) is 20.4. The molecule has 0 radical (unpaired) electrons. The van der Waals surface area contributed by atoms with Crippen LogP contribution in [0.25, 0.3) is 11.3 Å². The monoisotopic (exact) mass is 396 g/mol. The van der Waals surface area contributed by atoms with E-state index in [1.807, 2.05) is 24.3 Å². The molecule has 1 aliphatic rings. The molecule has 1 N–H and O–H groups in total. The number of hydrogen-bond donors (Lipinski definition) is 1. The van der Waals surface area contributed by atoms with Crippen molar-refractivity contribution >= 4 is 5.91 Å². The molecule has 29 heavy (non-hydrogen) atoms. The van der Waals surface area contributed by atoms with Crippen molar-refractivity contribution in [3.63, 3.8) is 0 Å². The second-order valence-corrected chi connectivity index (χ2v) is 6.71. The van der Waals surface area contributed by atoms with E-state index in [0.717, 1.165) is 5.56 Å². The SMILES string of the molecule is COc1cccc(-c2ccc(=O)n(C3COCC3NC(=O)c3cnoc3C)n2)c1. The number of aryl methyl sites for hydroxylation is 1. The fourth-order valence-electron chi connectivity index (χ4n) is 3.28. The van der Waals surface area contributed by atoms with E-state index < -0.39 is 12.1 Å². The fourth-order valence-corrected chi connectivity index (χ4v) is 3.28. The lowest BCUT2D eigenvalue weighted by Crippen LogP contribution is -2.44. The summed E-state index contributed by atoms with van der Waals surface area (Å²) < 4.78 is 17.1. The van der Waals surface area contributed by atoms with E-state index in [9.17, 15) is 9.59 Å². The van der Waals surface area contributed by atoms with Crippen molar-refractivity contribution in [3.05, 3.63) is 64.3 Å². The molecule has 1 saturated heterocycles. The van der Waals surface area contributed by atoms with Crippen LogP contribution in [0.4, 0.5) is 0 Å². The molecular formula is C20H20N4O5. The van der Waals surface area contributed by atoms with E-state index in [-0.39, 0.29) is 24.7 Å². The predicted octanol–water partition coefficient (Wildman–Crippen LogP) is 1.59. The summed E-state index contributed by atoms with van der Waals surface area (Å²) >= 11 is 0. The van der Waals surface area contributed by atoms with Crippen molar-refractivity contribution in [1.29, 1.82) is 0 Å². The maximum absolute atomic E-state index is 12.5. The number of aromatic nitrogens is 3. The molecule has 1 aromatic carbocycles. The number of rotatable bonds is 5. The Labute approximate surface area is 166 Å². The minimum absolute atomic E-state index is 0.266. The van der Waals surface area contributed by atoms with Crippen LogP contribution in [0.2, 0.25) is 0 Å². The Kier molecular flexibility index (Phi) is 5.13. The van der Waals surface area contributed by atoms with Gasteiger partial charge in [0.25, 0.3) is 11.5 Å². The lowest BCUT2D eigenvalue weighted by atomic mass is 10.1. The number of carbonyl (C=O) groups excluding carboxylic acids is 1. The first-order chi connectivity index (χ1) is 14.1. The highest BCUT2D eigenvalue weighted by Crippen LogP contribution is 2.23. The molecule has 3 aromatic rings. The molecule has 0 bridgehead atoms. The summed E-state index contributed by atoms with van der Waals surface area (Å²) in [7, 11) is 1.59. The van der Waals surface area contributed by atoms with Gasteiger partial charge in [-0.05, 0) is 25.1 Å². The van der Waals surface area contributed by atoms with Crippen LogP contribution in [-0.2, 0) is 4.74 Å². The number of hydrogen-bond acceptors (Lipinski definition) is 7. The molecule has 150 valence electrons. The van der Waals surface area contributed by atoms with Gasteiger partial charge in [-0.2, -0.15) is 5.10 Å². The zero-order valence-electron chi connectivity index (χ0n) is 16.0. The van der Waals surface area contributed by atoms with Crippen molar-refractivity contribution in [2.24, 2.45) is 0 Å². The molecule has 1 amide bonds. The van der Waals surface area contributed by atoms with Crippen molar-refractivity contribution in [3.8, 4) is 17.0 Å². The number of nitrogens with one attached hydrogen (secondary N) is 1. The fraction of sp³-hybridized carbons (Fsp3) is 0.300. The lowest BCUT2D eigenvalue weighted by molar-refractivity contribution is 0.0923. The normalized spacial score (nSPS) is 18.6. The average Bonchev–Trinajstić information content (AvgIpc) is 3.37. The zero-order valence-corrected chi connectivity index (χ0v) is 16.0. The number of nitrogens with zero attached hydrogens (tertiary/aromatic N) is 3. The van der Waals surface area contributed by atoms with Crippen molar-refractivity contribution in [1.82, 2.24) is 20.3 Å². The summed E-state index contributed by atoms with van der Waals surface area (Å²) in [6.07, 6.45) is 1.36. The Morgan fingerprint density at radius 2 is 2.14 bits per heavy atom. The van der Waals surface area contributed by atoms with Gasteiger partial charge < -0.3 is 19.3 Å². The Hall–Kier alpha value is -3.46. The summed E-state index contributed by atoms with van der Waals surface area (Å²) in [5.74, 6) is 0.787. The summed E-state index contributed by atoms with van der Waals surface area (Å²) in [5, 5.41) is 11.0. The van der Waals surface area contributed by atoms with Crippen LogP contribution in [0.3, 0.4) is 0 Å². The Morgan fingerprint density at radius 1 is 1.28 bits per heavy atom. The first kappa shape index (κ1) is 18.9. The molecule has 2 unspecified atom stereocenters. The first-order valence-electron chi connectivity index (χ1n) is 9.11. The van der Waals surface area contributed by atoms with Crippen LogP contribution >= 0.6 is 0 Å². The lowest BCUT2D eigenvalue weighted by Gasteiger charge is -2.20. The summed E-state index contributed by atoms with van der Waals surface area (Å²) in [6, 6.07) is 9.70. The van der Waals surface area contributed by atoms with Gasteiger partial charge in [0.15, 0.2) is 0 Å². The standard InChI is InChI=1S/C20H20N4O5/c1-12-15(9-21-29-12)20(26)22-17-10-28-11-18(17)24-19(25)7-6-16(23-24)13-4-3-5-14(8-13)27-2/h3-9,17-18H,10-11H2,1-2H3,(H,22,26). The summed E-state index contributed by atoms with van der Waals surface area (Å²) in [5.41, 5.74) is 1.52. The molecule has 1 aliphatic heterocycles. The quantitative estimate of drug-likeness (QED) is 0.697. The Morgan fingerprint density at radius 3 is 2.90 bits per heavy atom. The molecule has 0 aliphatic carbocycles. The molecule has 0 spiro atoms. The van der Waals surface area contributed by atoms with E-state index in [4.69, 9.17) is 14.0 Å². The highest BCUT2D eigenvalue weighted by atomic mass is 16.5. The third-order valence-electron chi connectivity index (χ3n) is 4.87. The van der Waals surface area contributed by atoms with Crippen LogP contribution in [0.15, 0.2) is 51.9 Å². The van der Waals surface area contributed by atoms with Crippen LogP contribution in [0.5, 0.6) is 5.75 Å². The number of ether oxygens (including phenoxy) is 2. The van der Waals surface area contributed by atoms with Gasteiger partial charge >= 0.3 is 0 Å². The van der Waals surface area contributed by atoms with E-state index in [1.165, 1.54) is 16.9 Å². The summed E-state index contributed by atoms with van der Waals surface area (Å²) in [6.45, 7) is 2.20. The minimum atomic E-state index is -0.433. The summed E-state index contributed by atoms with van der Waals surface area (Å²) in [4.78, 5) is 25.0. The van der Waals surface area contributed by atoms with Crippen molar-refractivity contribution in [2.45, 2.75) is 19.0 Å². The molecule has 2 aromatic heterocycles. The largest absolute Gasteiger partial charge is 0.497 e. The molecule has 1 fully saturated rings. The highest BCUT2D eigenvalue weighted by Gasteiger charge is 2.33. The number of benzene rings is 1. The van der Waals surface area contributed by atoms with Gasteiger partial charge in [0.1, 0.15) is 23.1 Å². The van der Waals surface area contributed by atoms with Gasteiger partial charge in [0.05, 0.1) is 38.3 Å². The van der Waals surface area contributed by atoms with Gasteiger partial charge in [-0.1, -0.05) is 17.3 Å². The van der Waals surface area contributed by atoms with Crippen molar-refractivity contribution < 1.29 is 18.8 Å². The average molecular weight is 396 g/mol. The second kappa shape index (κ2) is 7.88. The number of carbonyl (C=O) groups is 1. The van der Waals surface area contributed by atoms with Crippen LogP contribution in [-0.4, -0.2) is 47.2 Å². The number of amides is 1. The molecule has 3 heterocycles. The van der Waals surface area contributed by atoms with E-state index in [0.29, 0.717) is 22.8 Å². The number of methoxy groups -OCH3 is 1. The molecule has 4 rings (SSSR count). The minimum Gasteiger partial charge on any atom is -0.497 e. The van der Waals surface area contributed by atoms with Gasteiger partial charge in [0, 0.05) is 11.6 Å². The van der Waals surface area contributed by atoms with Gasteiger partial charge in [-0.3, -0.25) is 9.59 Å². The smallest absolute Gasteiger partial charge is 0.267 e. The van der Waals surface area contributed by atoms with Crippen LogP contribution in [0, 0.1) is 6.92 Å². The van der Waals surface area contributed by atoms with Gasteiger partial charge in [-0.25, -0.2) is 4.68 Å². The Bertz CT molecular complexity index is 1090. The van der Waals surface area contributed by atoms with Crippen LogP contribution < -0.4 is 15.6 Å². The highest BCUT2D eigenvalue weighted by molar-refractivity contribution is 5.95. The predicted molar refractivity (Wildman–Crippen MR) is 103 cm³/mol.